The highest BCUT2D eigenvalue weighted by atomic mass is 16.5. The molecule has 0 radical (unpaired) electrons. The minimum absolute atomic E-state index is 0.0390. The number of Topliss-reactive ketones (excluding diaryl/α,β-unsaturated/α-hetero) is 1. The second-order valence-corrected chi connectivity index (χ2v) is 14.3. The van der Waals surface area contributed by atoms with E-state index < -0.39 is 10.8 Å². The van der Waals surface area contributed by atoms with Gasteiger partial charge in [-0.25, -0.2) is 4.85 Å². The van der Waals surface area contributed by atoms with Crippen LogP contribution in [0.4, 0.5) is 0 Å². The van der Waals surface area contributed by atoms with Gasteiger partial charge >= 0.3 is 5.97 Å². The Hall–Kier alpha value is -2.22. The Balaban J connectivity index is 1.68. The smallest absolute Gasteiger partial charge is 0.312 e. The quantitative estimate of drug-likeness (QED) is 0.308. The molecule has 5 heteroatoms. The van der Waals surface area contributed by atoms with Crippen molar-refractivity contribution in [1.82, 2.24) is 0 Å². The summed E-state index contributed by atoms with van der Waals surface area (Å²) < 4.78 is 5.69. The molecule has 200 valence electrons. The zero-order chi connectivity index (χ0) is 27.2. The fourth-order valence-corrected chi connectivity index (χ4v) is 9.86. The number of rotatable bonds is 2. The van der Waals surface area contributed by atoms with E-state index in [1.165, 1.54) is 0 Å². The van der Waals surface area contributed by atoms with Crippen molar-refractivity contribution in [2.24, 2.45) is 50.7 Å². The number of fused-ring (bicyclic) bond motifs is 7. The third-order valence-corrected chi connectivity index (χ3v) is 12.2. The van der Waals surface area contributed by atoms with Crippen LogP contribution in [-0.2, 0) is 19.1 Å². The molecule has 0 aliphatic heterocycles. The van der Waals surface area contributed by atoms with Gasteiger partial charge < -0.3 is 9.53 Å². The second kappa shape index (κ2) is 8.14. The standard InChI is InChI=1S/C32H43NO4/c1-9-37-27(36)32-14-12-28(3,4)17-21(32)25-23(34)16-24-29(5)18-22(33-8)26(35)19(2)20(29)10-11-30(24,6)31(25,7)13-15-32/h16,18-21,25H,9-15,17H2,1-7H3/t19-,20-,21-,25-,29-,30+,31+,32-/m0/s1. The van der Waals surface area contributed by atoms with Gasteiger partial charge in [-0.05, 0) is 86.0 Å². The number of carbonyl (C=O) groups is 3. The largest absolute Gasteiger partial charge is 0.466 e. The molecule has 0 amide bonds. The van der Waals surface area contributed by atoms with Gasteiger partial charge in [-0.15, -0.1) is 0 Å². The van der Waals surface area contributed by atoms with Crippen LogP contribution in [-0.4, -0.2) is 24.1 Å². The van der Waals surface area contributed by atoms with E-state index in [2.05, 4.69) is 39.5 Å². The van der Waals surface area contributed by atoms with Gasteiger partial charge in [0, 0.05) is 17.3 Å². The van der Waals surface area contributed by atoms with Gasteiger partial charge in [-0.1, -0.05) is 53.2 Å². The number of ether oxygens (including phenoxy) is 1. The summed E-state index contributed by atoms with van der Waals surface area (Å²) in [6, 6.07) is 0. The lowest BCUT2D eigenvalue weighted by atomic mass is 9.35. The molecule has 5 aliphatic carbocycles. The Morgan fingerprint density at radius 1 is 1.05 bits per heavy atom. The summed E-state index contributed by atoms with van der Waals surface area (Å²) in [4.78, 5) is 44.4. The monoisotopic (exact) mass is 505 g/mol. The highest BCUT2D eigenvalue weighted by molar-refractivity contribution is 6.01. The maximum atomic E-state index is 14.4. The first-order chi connectivity index (χ1) is 17.2. The van der Waals surface area contributed by atoms with Crippen LogP contribution >= 0.6 is 0 Å². The maximum Gasteiger partial charge on any atom is 0.312 e. The Labute approximate surface area is 222 Å². The highest BCUT2D eigenvalue weighted by Crippen LogP contribution is 2.73. The summed E-state index contributed by atoms with van der Waals surface area (Å²) in [7, 11) is 0. The molecule has 0 bridgehead atoms. The van der Waals surface area contributed by atoms with Crippen LogP contribution in [0.25, 0.3) is 4.85 Å². The number of allylic oxidation sites excluding steroid dienone is 4. The molecule has 0 heterocycles. The molecule has 0 unspecified atom stereocenters. The SMILES string of the molecule is [C-]#[N+]C1=C[C@]2(C)C3=CC(=O)[C@@H]4[C@@H]5CC(C)(C)CC[C@]5(C(=O)OCC)CC[C@@]4(C)[C@]3(C)CC[C@H]2[C@H](C)C1=O. The zero-order valence-electron chi connectivity index (χ0n) is 23.7. The molecule has 0 aromatic heterocycles. The number of ketones is 2. The minimum atomic E-state index is -0.586. The van der Waals surface area contributed by atoms with E-state index in [1.54, 1.807) is 0 Å². The van der Waals surface area contributed by atoms with Gasteiger partial charge in [-0.3, -0.25) is 9.59 Å². The van der Waals surface area contributed by atoms with E-state index in [0.29, 0.717) is 6.61 Å². The normalized spacial score (nSPS) is 46.2. The van der Waals surface area contributed by atoms with Crippen molar-refractivity contribution in [3.63, 3.8) is 0 Å². The first kappa shape index (κ1) is 26.4. The van der Waals surface area contributed by atoms with Crippen LogP contribution in [0, 0.1) is 57.3 Å². The summed E-state index contributed by atoms with van der Waals surface area (Å²) in [5.74, 6) is -0.440. The first-order valence-electron chi connectivity index (χ1n) is 14.3. The Morgan fingerprint density at radius 2 is 1.73 bits per heavy atom. The predicted octanol–water partition coefficient (Wildman–Crippen LogP) is 6.73. The van der Waals surface area contributed by atoms with Gasteiger partial charge in [0.15, 0.2) is 11.6 Å². The molecule has 0 aromatic rings. The number of nitrogens with zero attached hydrogens (tertiary/aromatic N) is 1. The Kier molecular flexibility index (Phi) is 5.81. The molecule has 37 heavy (non-hydrogen) atoms. The van der Waals surface area contributed by atoms with Crippen molar-refractivity contribution in [3.8, 4) is 0 Å². The average molecular weight is 506 g/mol. The lowest BCUT2D eigenvalue weighted by Crippen LogP contribution is -2.65. The van der Waals surface area contributed by atoms with Crippen molar-refractivity contribution in [1.29, 1.82) is 0 Å². The molecule has 5 nitrogen and oxygen atoms in total. The molecule has 0 spiro atoms. The lowest BCUT2D eigenvalue weighted by molar-refractivity contribution is -0.192. The van der Waals surface area contributed by atoms with E-state index in [1.807, 2.05) is 26.0 Å². The van der Waals surface area contributed by atoms with Crippen molar-refractivity contribution >= 4 is 17.5 Å². The Morgan fingerprint density at radius 3 is 2.38 bits per heavy atom. The van der Waals surface area contributed by atoms with Crippen molar-refractivity contribution in [2.45, 2.75) is 93.4 Å². The van der Waals surface area contributed by atoms with E-state index in [9.17, 15) is 14.4 Å². The molecule has 3 saturated carbocycles. The summed E-state index contributed by atoms with van der Waals surface area (Å²) in [5, 5.41) is 0. The topological polar surface area (TPSA) is 64.8 Å². The van der Waals surface area contributed by atoms with Gasteiger partial charge in [0.1, 0.15) is 0 Å². The van der Waals surface area contributed by atoms with E-state index in [0.717, 1.165) is 50.5 Å². The minimum Gasteiger partial charge on any atom is -0.466 e. The second-order valence-electron chi connectivity index (χ2n) is 14.3. The number of carbonyl (C=O) groups excluding carboxylic acids is 3. The number of esters is 1. The van der Waals surface area contributed by atoms with Crippen LogP contribution in [0.2, 0.25) is 0 Å². The summed E-state index contributed by atoms with van der Waals surface area (Å²) in [5.41, 5.74) is -0.229. The highest BCUT2D eigenvalue weighted by Gasteiger charge is 2.70. The predicted molar refractivity (Wildman–Crippen MR) is 142 cm³/mol. The third-order valence-electron chi connectivity index (χ3n) is 12.2. The van der Waals surface area contributed by atoms with Crippen LogP contribution in [0.15, 0.2) is 23.4 Å². The van der Waals surface area contributed by atoms with Crippen LogP contribution in [0.3, 0.4) is 0 Å². The summed E-state index contributed by atoms with van der Waals surface area (Å²) in [6.45, 7) is 23.2. The Bertz CT molecular complexity index is 1170. The average Bonchev–Trinajstić information content (AvgIpc) is 2.82. The van der Waals surface area contributed by atoms with E-state index in [4.69, 9.17) is 11.3 Å². The number of hydrogen-bond donors (Lipinski definition) is 0. The van der Waals surface area contributed by atoms with Crippen molar-refractivity contribution in [2.75, 3.05) is 6.61 Å². The molecule has 0 N–H and O–H groups in total. The van der Waals surface area contributed by atoms with Gasteiger partial charge in [-0.2, -0.15) is 0 Å². The number of hydrogen-bond acceptors (Lipinski definition) is 4. The molecule has 0 aromatic carbocycles. The molecular formula is C32H43NO4. The van der Waals surface area contributed by atoms with E-state index in [-0.39, 0.29) is 63.1 Å². The van der Waals surface area contributed by atoms with Gasteiger partial charge in [0.2, 0.25) is 5.70 Å². The van der Waals surface area contributed by atoms with Crippen LogP contribution < -0.4 is 0 Å². The molecular weight excluding hydrogens is 462 g/mol. The van der Waals surface area contributed by atoms with Gasteiger partial charge in [0.05, 0.1) is 18.6 Å². The molecule has 8 atom stereocenters. The summed E-state index contributed by atoms with van der Waals surface area (Å²) in [6.07, 6.45) is 9.78. The van der Waals surface area contributed by atoms with E-state index >= 15 is 0 Å². The fraction of sp³-hybridized carbons (Fsp3) is 0.750. The maximum absolute atomic E-state index is 14.4. The zero-order valence-corrected chi connectivity index (χ0v) is 23.7. The molecule has 0 saturated heterocycles. The molecule has 3 fully saturated rings. The lowest BCUT2D eigenvalue weighted by Gasteiger charge is -2.68. The van der Waals surface area contributed by atoms with Gasteiger partial charge in [0.25, 0.3) is 0 Å². The van der Waals surface area contributed by atoms with Crippen LogP contribution in [0.5, 0.6) is 0 Å². The first-order valence-corrected chi connectivity index (χ1v) is 14.3. The molecule has 5 aliphatic rings. The van der Waals surface area contributed by atoms with Crippen molar-refractivity contribution in [3.05, 3.63) is 34.8 Å². The molecule has 5 rings (SSSR count). The summed E-state index contributed by atoms with van der Waals surface area (Å²) >= 11 is 0. The van der Waals surface area contributed by atoms with Crippen LogP contribution in [0.1, 0.15) is 93.4 Å². The fourth-order valence-electron chi connectivity index (χ4n) is 9.86. The van der Waals surface area contributed by atoms with Crippen molar-refractivity contribution < 1.29 is 19.1 Å². The third kappa shape index (κ3) is 3.29.